The van der Waals surface area contributed by atoms with Crippen LogP contribution < -0.4 is 20.1 Å². The van der Waals surface area contributed by atoms with Gasteiger partial charge in [-0.3, -0.25) is 9.78 Å². The van der Waals surface area contributed by atoms with Crippen LogP contribution in [-0.4, -0.2) is 54.4 Å². The number of nitrogens with one attached hydrogen (secondary N) is 2. The lowest BCUT2D eigenvalue weighted by Crippen LogP contribution is -2.37. The number of carboxylic acids is 1. The average molecular weight is 854 g/mol. The fourth-order valence-corrected chi connectivity index (χ4v) is 7.96. The Morgan fingerprint density at radius 1 is 0.774 bits per heavy atom. The molecule has 12 heteroatoms. The maximum Gasteiger partial charge on any atom is 0.407 e. The van der Waals surface area contributed by atoms with Gasteiger partial charge >= 0.3 is 18.0 Å². The SMILES string of the molecule is COC(=O)C(CCCCNC(=O)OCC1c2ccccc2-c2ccccc21)NCc1cc(Cl)c(OCc2cccc(-c3ccccc3)c2C)cc1OCc1cncc(C(=O)O)c1. The molecule has 1 unspecified atom stereocenters. The molecule has 0 saturated heterocycles. The first-order valence-electron chi connectivity index (χ1n) is 20.5. The lowest BCUT2D eigenvalue weighted by molar-refractivity contribution is -0.143. The number of halogens is 1. The third kappa shape index (κ3) is 10.6. The number of carboxylic acid groups (broad SMARTS) is 1. The number of alkyl carbamates (subject to hydrolysis) is 1. The largest absolute Gasteiger partial charge is 0.488 e. The minimum Gasteiger partial charge on any atom is -0.488 e. The van der Waals surface area contributed by atoms with Crippen molar-refractivity contribution >= 4 is 29.6 Å². The van der Waals surface area contributed by atoms with Gasteiger partial charge in [0.2, 0.25) is 0 Å². The number of carbonyl (C=O) groups excluding carboxylic acids is 2. The van der Waals surface area contributed by atoms with Crippen molar-refractivity contribution < 1.29 is 38.4 Å². The molecule has 0 saturated carbocycles. The Morgan fingerprint density at radius 3 is 2.19 bits per heavy atom. The zero-order valence-corrected chi connectivity index (χ0v) is 35.3. The lowest BCUT2D eigenvalue weighted by atomic mass is 9.97. The molecule has 1 aliphatic rings. The standard InChI is InChI=1S/C50H48ClN3O8/c1-32-35(15-12-20-38(32)34-13-4-3-5-14-34)30-61-47-25-46(60-29-33-23-37(48(55)56)27-52-26-33)36(24-44(47)51)28-54-45(49(57)59-2)21-10-11-22-53-50(58)62-31-43-41-18-8-6-16-39(41)40-17-7-9-19-42(40)43/h3-9,12-20,23-27,43,45,54H,10-11,21-22,28-31H2,1-2H3,(H,53,58)(H,55,56). The number of hydrogen-bond donors (Lipinski definition) is 3. The highest BCUT2D eigenvalue weighted by molar-refractivity contribution is 6.32. The molecule has 0 spiro atoms. The Bertz CT molecular complexity index is 2490. The monoisotopic (exact) mass is 853 g/mol. The van der Waals surface area contributed by atoms with Crippen LogP contribution in [0.2, 0.25) is 5.02 Å². The number of nitrogens with zero attached hydrogens (tertiary/aromatic N) is 1. The molecule has 62 heavy (non-hydrogen) atoms. The Labute approximate surface area is 366 Å². The summed E-state index contributed by atoms with van der Waals surface area (Å²) in [4.78, 5) is 41.3. The van der Waals surface area contributed by atoms with Crippen LogP contribution in [-0.2, 0) is 34.0 Å². The minimum absolute atomic E-state index is 0.0114. The summed E-state index contributed by atoms with van der Waals surface area (Å²) < 4.78 is 23.4. The summed E-state index contributed by atoms with van der Waals surface area (Å²) in [6, 6.07) is 36.9. The van der Waals surface area contributed by atoms with E-state index in [1.165, 1.54) is 25.6 Å². The zero-order chi connectivity index (χ0) is 43.4. The molecule has 1 amide bonds. The van der Waals surface area contributed by atoms with Crippen LogP contribution in [0.3, 0.4) is 0 Å². The number of unbranched alkanes of at least 4 members (excludes halogenated alkanes) is 1. The number of hydrogen-bond acceptors (Lipinski definition) is 9. The van der Waals surface area contributed by atoms with E-state index in [0.29, 0.717) is 53.5 Å². The first kappa shape index (κ1) is 43.4. The van der Waals surface area contributed by atoms with Crippen molar-refractivity contribution in [3.8, 4) is 33.8 Å². The van der Waals surface area contributed by atoms with Crippen LogP contribution >= 0.6 is 11.6 Å². The Hall–Kier alpha value is -6.69. The van der Waals surface area contributed by atoms with Gasteiger partial charge in [-0.15, -0.1) is 0 Å². The molecule has 1 heterocycles. The van der Waals surface area contributed by atoms with E-state index < -0.39 is 24.1 Å². The Morgan fingerprint density at radius 2 is 1.47 bits per heavy atom. The minimum atomic E-state index is -1.10. The van der Waals surface area contributed by atoms with Crippen LogP contribution in [0, 0.1) is 6.92 Å². The van der Waals surface area contributed by atoms with Gasteiger partial charge in [-0.25, -0.2) is 9.59 Å². The summed E-state index contributed by atoms with van der Waals surface area (Å²) in [5.74, 6) is -0.756. The van der Waals surface area contributed by atoms with Gasteiger partial charge in [0.25, 0.3) is 0 Å². The second-order valence-corrected chi connectivity index (χ2v) is 15.4. The fraction of sp³-hybridized carbons (Fsp3) is 0.240. The number of amides is 1. The summed E-state index contributed by atoms with van der Waals surface area (Å²) in [5, 5.41) is 16.0. The smallest absolute Gasteiger partial charge is 0.407 e. The number of aromatic nitrogens is 1. The molecule has 1 atom stereocenters. The molecule has 7 rings (SSSR count). The number of pyridine rings is 1. The van der Waals surface area contributed by atoms with E-state index in [-0.39, 0.29) is 37.8 Å². The van der Waals surface area contributed by atoms with E-state index in [4.69, 9.17) is 30.5 Å². The molecule has 5 aromatic carbocycles. The predicted octanol–water partition coefficient (Wildman–Crippen LogP) is 9.91. The molecular weight excluding hydrogens is 806 g/mol. The molecule has 0 bridgehead atoms. The third-order valence-electron chi connectivity index (χ3n) is 11.0. The van der Waals surface area contributed by atoms with Crippen molar-refractivity contribution in [3.05, 3.63) is 172 Å². The van der Waals surface area contributed by atoms with Gasteiger partial charge in [0.15, 0.2) is 0 Å². The number of ether oxygens (including phenoxy) is 4. The van der Waals surface area contributed by atoms with E-state index in [1.54, 1.807) is 12.1 Å². The molecule has 11 nitrogen and oxygen atoms in total. The van der Waals surface area contributed by atoms with Crippen molar-refractivity contribution in [3.63, 3.8) is 0 Å². The molecular formula is C50H48ClN3O8. The van der Waals surface area contributed by atoms with Gasteiger partial charge in [-0.1, -0.05) is 109 Å². The molecule has 0 fully saturated rings. The van der Waals surface area contributed by atoms with Crippen molar-refractivity contribution in [2.24, 2.45) is 0 Å². The summed E-state index contributed by atoms with van der Waals surface area (Å²) in [6.45, 7) is 3.09. The highest BCUT2D eigenvalue weighted by Crippen LogP contribution is 2.44. The summed E-state index contributed by atoms with van der Waals surface area (Å²) >= 11 is 6.84. The highest BCUT2D eigenvalue weighted by atomic mass is 35.5. The quantitative estimate of drug-likeness (QED) is 0.0532. The number of rotatable bonds is 19. The van der Waals surface area contributed by atoms with Gasteiger partial charge in [0, 0.05) is 48.6 Å². The molecule has 1 aliphatic carbocycles. The van der Waals surface area contributed by atoms with E-state index >= 15 is 0 Å². The molecule has 6 aromatic rings. The third-order valence-corrected chi connectivity index (χ3v) is 11.3. The van der Waals surface area contributed by atoms with Crippen molar-refractivity contribution in [1.29, 1.82) is 0 Å². The zero-order valence-electron chi connectivity index (χ0n) is 34.6. The first-order chi connectivity index (χ1) is 30.2. The van der Waals surface area contributed by atoms with Gasteiger partial charge in [0.05, 0.1) is 17.7 Å². The number of aromatic carboxylic acids is 1. The molecule has 3 N–H and O–H groups in total. The first-order valence-corrected chi connectivity index (χ1v) is 20.9. The van der Waals surface area contributed by atoms with Gasteiger partial charge in [0.1, 0.15) is 37.4 Å². The van der Waals surface area contributed by atoms with Crippen LogP contribution in [0.15, 0.2) is 128 Å². The van der Waals surface area contributed by atoms with E-state index in [2.05, 4.69) is 65.0 Å². The Kier molecular flexibility index (Phi) is 14.5. The average Bonchev–Trinajstić information content (AvgIpc) is 3.62. The highest BCUT2D eigenvalue weighted by Gasteiger charge is 2.29. The van der Waals surface area contributed by atoms with E-state index in [1.807, 2.05) is 54.6 Å². The molecule has 1 aromatic heterocycles. The summed E-state index contributed by atoms with van der Waals surface area (Å²) in [7, 11) is 1.34. The van der Waals surface area contributed by atoms with E-state index in [0.717, 1.165) is 44.5 Å². The lowest BCUT2D eigenvalue weighted by Gasteiger charge is -2.20. The predicted molar refractivity (Wildman–Crippen MR) is 237 cm³/mol. The number of benzene rings is 5. The normalized spacial score (nSPS) is 12.2. The van der Waals surface area contributed by atoms with Crippen LogP contribution in [0.5, 0.6) is 11.5 Å². The van der Waals surface area contributed by atoms with Crippen molar-refractivity contribution in [2.45, 2.75) is 57.9 Å². The summed E-state index contributed by atoms with van der Waals surface area (Å²) in [6.07, 6.45) is 3.95. The molecule has 0 aliphatic heterocycles. The maximum absolute atomic E-state index is 13.0. The van der Waals surface area contributed by atoms with Crippen molar-refractivity contribution in [2.75, 3.05) is 20.3 Å². The number of carbonyl (C=O) groups is 3. The number of esters is 1. The van der Waals surface area contributed by atoms with Gasteiger partial charge in [-0.2, -0.15) is 0 Å². The topological polar surface area (TPSA) is 145 Å². The van der Waals surface area contributed by atoms with Crippen LogP contribution in [0.1, 0.15) is 68.9 Å². The maximum atomic E-state index is 13.0. The molecule has 318 valence electrons. The molecule has 0 radical (unpaired) electrons. The Balaban J connectivity index is 0.968. The number of methoxy groups -OCH3 is 1. The van der Waals surface area contributed by atoms with Crippen molar-refractivity contribution in [1.82, 2.24) is 15.6 Å². The summed E-state index contributed by atoms with van der Waals surface area (Å²) in [5.41, 5.74) is 10.1. The number of fused-ring (bicyclic) bond motifs is 3. The second-order valence-electron chi connectivity index (χ2n) is 15.0. The van der Waals surface area contributed by atoms with Gasteiger partial charge in [-0.05, 0) is 82.8 Å². The van der Waals surface area contributed by atoms with Crippen LogP contribution in [0.25, 0.3) is 22.3 Å². The van der Waals surface area contributed by atoms with Crippen LogP contribution in [0.4, 0.5) is 4.79 Å². The second kappa shape index (κ2) is 20.7. The fourth-order valence-electron chi connectivity index (χ4n) is 7.72. The van der Waals surface area contributed by atoms with Gasteiger partial charge < -0.3 is 34.7 Å². The van der Waals surface area contributed by atoms with E-state index in [9.17, 15) is 19.5 Å².